The van der Waals surface area contributed by atoms with Crippen molar-refractivity contribution >= 4 is 16.9 Å². The van der Waals surface area contributed by atoms with E-state index in [1.807, 2.05) is 30.1 Å². The maximum atomic E-state index is 12.5. The molecule has 0 aliphatic carbocycles. The molecule has 1 saturated heterocycles. The van der Waals surface area contributed by atoms with Crippen molar-refractivity contribution in [2.75, 3.05) is 20.1 Å². The van der Waals surface area contributed by atoms with Crippen molar-refractivity contribution in [2.24, 2.45) is 0 Å². The van der Waals surface area contributed by atoms with Crippen LogP contribution in [-0.2, 0) is 0 Å². The highest BCUT2D eigenvalue weighted by Gasteiger charge is 2.23. The predicted octanol–water partition coefficient (Wildman–Crippen LogP) is 1.39. The third-order valence-corrected chi connectivity index (χ3v) is 3.78. The van der Waals surface area contributed by atoms with E-state index in [4.69, 9.17) is 0 Å². The highest BCUT2D eigenvalue weighted by Crippen LogP contribution is 2.16. The molecule has 1 amide bonds. The van der Waals surface area contributed by atoms with Gasteiger partial charge in [0, 0.05) is 24.7 Å². The molecule has 1 aliphatic rings. The third kappa shape index (κ3) is 2.33. The van der Waals surface area contributed by atoms with Gasteiger partial charge in [0.25, 0.3) is 5.91 Å². The van der Waals surface area contributed by atoms with Crippen LogP contribution in [-0.4, -0.2) is 47.0 Å². The highest BCUT2D eigenvalue weighted by molar-refractivity contribution is 5.97. The molecule has 1 aromatic heterocycles. The van der Waals surface area contributed by atoms with Crippen molar-refractivity contribution in [3.05, 3.63) is 30.1 Å². The number of hydrogen-bond acceptors (Lipinski definition) is 3. The van der Waals surface area contributed by atoms with Gasteiger partial charge in [0.2, 0.25) is 0 Å². The van der Waals surface area contributed by atoms with E-state index in [1.165, 1.54) is 0 Å². The Kier molecular flexibility index (Phi) is 3.21. The number of likely N-dealkylation sites (N-methyl/N-ethyl adjacent to an activating group) is 1. The van der Waals surface area contributed by atoms with Gasteiger partial charge in [-0.05, 0) is 38.1 Å². The largest absolute Gasteiger partial charge is 0.345 e. The summed E-state index contributed by atoms with van der Waals surface area (Å²) in [5.41, 5.74) is 2.53. The van der Waals surface area contributed by atoms with Crippen LogP contribution in [0.25, 0.3) is 11.0 Å². The van der Waals surface area contributed by atoms with Crippen LogP contribution < -0.4 is 5.32 Å². The van der Waals surface area contributed by atoms with E-state index in [2.05, 4.69) is 15.3 Å². The molecule has 0 radical (unpaired) electrons. The Labute approximate surface area is 112 Å². The molecule has 5 heteroatoms. The minimum absolute atomic E-state index is 0.108. The minimum Gasteiger partial charge on any atom is -0.345 e. The molecular formula is C14H18N4O. The van der Waals surface area contributed by atoms with Crippen LogP contribution >= 0.6 is 0 Å². The third-order valence-electron chi connectivity index (χ3n) is 3.78. The number of aromatic nitrogens is 2. The first-order chi connectivity index (χ1) is 9.28. The van der Waals surface area contributed by atoms with Crippen LogP contribution in [0.4, 0.5) is 0 Å². The number of nitrogens with zero attached hydrogens (tertiary/aromatic N) is 2. The van der Waals surface area contributed by atoms with Crippen molar-refractivity contribution in [1.29, 1.82) is 0 Å². The molecule has 2 N–H and O–H groups in total. The summed E-state index contributed by atoms with van der Waals surface area (Å²) in [6.45, 7) is 1.63. The summed E-state index contributed by atoms with van der Waals surface area (Å²) < 4.78 is 0. The topological polar surface area (TPSA) is 61.0 Å². The zero-order valence-corrected chi connectivity index (χ0v) is 11.0. The lowest BCUT2D eigenvalue weighted by Gasteiger charge is -2.32. The Balaban J connectivity index is 1.82. The highest BCUT2D eigenvalue weighted by atomic mass is 16.2. The Hall–Kier alpha value is -1.88. The molecule has 1 fully saturated rings. The van der Waals surface area contributed by atoms with Gasteiger partial charge in [-0.15, -0.1) is 0 Å². The van der Waals surface area contributed by atoms with Crippen LogP contribution in [0, 0.1) is 0 Å². The first kappa shape index (κ1) is 12.2. The van der Waals surface area contributed by atoms with Gasteiger partial charge in [0.1, 0.15) is 0 Å². The normalized spacial score (nSPS) is 19.8. The van der Waals surface area contributed by atoms with E-state index in [0.29, 0.717) is 6.04 Å². The minimum atomic E-state index is 0.108. The zero-order chi connectivity index (χ0) is 13.2. The number of nitrogens with one attached hydrogen (secondary N) is 2. The van der Waals surface area contributed by atoms with Crippen LogP contribution in [0.1, 0.15) is 23.2 Å². The van der Waals surface area contributed by atoms with Gasteiger partial charge in [-0.25, -0.2) is 4.98 Å². The fourth-order valence-electron chi connectivity index (χ4n) is 2.65. The molecule has 1 aromatic carbocycles. The molecule has 1 aliphatic heterocycles. The van der Waals surface area contributed by atoms with Crippen molar-refractivity contribution in [1.82, 2.24) is 20.2 Å². The van der Waals surface area contributed by atoms with Crippen molar-refractivity contribution in [2.45, 2.75) is 18.9 Å². The van der Waals surface area contributed by atoms with Crippen LogP contribution in [0.15, 0.2) is 24.5 Å². The lowest BCUT2D eigenvalue weighted by Crippen LogP contribution is -2.46. The van der Waals surface area contributed by atoms with Gasteiger partial charge in [0.15, 0.2) is 0 Å². The standard InChI is InChI=1S/C14H18N4O/c1-15-11-3-2-6-18(8-11)14(19)10-4-5-12-13(7-10)17-9-16-12/h4-5,7,9,11,15H,2-3,6,8H2,1H3,(H,16,17). The Morgan fingerprint density at radius 1 is 1.53 bits per heavy atom. The predicted molar refractivity (Wildman–Crippen MR) is 74.1 cm³/mol. The number of rotatable bonds is 2. The molecule has 19 heavy (non-hydrogen) atoms. The number of benzene rings is 1. The molecule has 100 valence electrons. The summed E-state index contributed by atoms with van der Waals surface area (Å²) >= 11 is 0. The summed E-state index contributed by atoms with van der Waals surface area (Å²) in [4.78, 5) is 21.6. The molecule has 1 atom stereocenters. The first-order valence-electron chi connectivity index (χ1n) is 6.67. The fourth-order valence-corrected chi connectivity index (χ4v) is 2.65. The molecule has 2 aromatic rings. The summed E-state index contributed by atoms with van der Waals surface area (Å²) in [5, 5.41) is 3.26. The van der Waals surface area contributed by atoms with Gasteiger partial charge in [-0.2, -0.15) is 0 Å². The number of imidazole rings is 1. The lowest BCUT2D eigenvalue weighted by atomic mass is 10.0. The second kappa shape index (κ2) is 5.01. The monoisotopic (exact) mass is 258 g/mol. The molecular weight excluding hydrogens is 240 g/mol. The quantitative estimate of drug-likeness (QED) is 0.855. The molecule has 0 spiro atoms. The summed E-state index contributed by atoms with van der Waals surface area (Å²) in [6, 6.07) is 6.04. The average Bonchev–Trinajstić information content (AvgIpc) is 2.94. The van der Waals surface area contributed by atoms with E-state index >= 15 is 0 Å². The van der Waals surface area contributed by atoms with E-state index in [1.54, 1.807) is 6.33 Å². The zero-order valence-electron chi connectivity index (χ0n) is 11.0. The van der Waals surface area contributed by atoms with Gasteiger partial charge in [-0.3, -0.25) is 4.79 Å². The summed E-state index contributed by atoms with van der Waals surface area (Å²) in [6.07, 6.45) is 3.85. The van der Waals surface area contributed by atoms with Gasteiger partial charge < -0.3 is 15.2 Å². The van der Waals surface area contributed by atoms with Crippen LogP contribution in [0.2, 0.25) is 0 Å². The number of amides is 1. The Morgan fingerprint density at radius 3 is 3.26 bits per heavy atom. The Bertz CT molecular complexity index is 592. The number of fused-ring (bicyclic) bond motifs is 1. The number of carbonyl (C=O) groups is 1. The van der Waals surface area contributed by atoms with Crippen molar-refractivity contribution in [3.63, 3.8) is 0 Å². The summed E-state index contributed by atoms with van der Waals surface area (Å²) in [5.74, 6) is 0.108. The average molecular weight is 258 g/mol. The molecule has 0 bridgehead atoms. The number of H-pyrrole nitrogens is 1. The molecule has 0 saturated carbocycles. The lowest BCUT2D eigenvalue weighted by molar-refractivity contribution is 0.0698. The van der Waals surface area contributed by atoms with Gasteiger partial charge >= 0.3 is 0 Å². The summed E-state index contributed by atoms with van der Waals surface area (Å²) in [7, 11) is 1.95. The van der Waals surface area contributed by atoms with Crippen molar-refractivity contribution in [3.8, 4) is 0 Å². The number of piperidine rings is 1. The van der Waals surface area contributed by atoms with E-state index in [0.717, 1.165) is 42.5 Å². The maximum absolute atomic E-state index is 12.5. The van der Waals surface area contributed by atoms with E-state index in [9.17, 15) is 4.79 Å². The molecule has 5 nitrogen and oxygen atoms in total. The van der Waals surface area contributed by atoms with Gasteiger partial charge in [-0.1, -0.05) is 0 Å². The van der Waals surface area contributed by atoms with Gasteiger partial charge in [0.05, 0.1) is 17.4 Å². The molecule has 2 heterocycles. The smallest absolute Gasteiger partial charge is 0.253 e. The van der Waals surface area contributed by atoms with Crippen LogP contribution in [0.3, 0.4) is 0 Å². The van der Waals surface area contributed by atoms with E-state index < -0.39 is 0 Å². The SMILES string of the molecule is CNC1CCCN(C(=O)c2ccc3nc[nH]c3c2)C1. The number of likely N-dealkylation sites (tertiary alicyclic amines) is 1. The number of hydrogen-bond donors (Lipinski definition) is 2. The van der Waals surface area contributed by atoms with Crippen molar-refractivity contribution < 1.29 is 4.79 Å². The first-order valence-corrected chi connectivity index (χ1v) is 6.67. The molecule has 3 rings (SSSR count). The second-order valence-electron chi connectivity index (χ2n) is 5.01. The maximum Gasteiger partial charge on any atom is 0.253 e. The number of carbonyl (C=O) groups excluding carboxylic acids is 1. The van der Waals surface area contributed by atoms with Crippen LogP contribution in [0.5, 0.6) is 0 Å². The van der Waals surface area contributed by atoms with E-state index in [-0.39, 0.29) is 5.91 Å². The second-order valence-corrected chi connectivity index (χ2v) is 5.01. The number of aromatic amines is 1. The fraction of sp³-hybridized carbons (Fsp3) is 0.429. The Morgan fingerprint density at radius 2 is 2.42 bits per heavy atom. The molecule has 1 unspecified atom stereocenters.